The zero-order valence-corrected chi connectivity index (χ0v) is 27.2. The average Bonchev–Trinajstić information content (AvgIpc) is 3.06. The molecule has 0 saturated heterocycles. The third-order valence-corrected chi connectivity index (χ3v) is 7.28. The van der Waals surface area contributed by atoms with Crippen molar-refractivity contribution in [1.82, 2.24) is 14.1 Å². The van der Waals surface area contributed by atoms with Crippen LogP contribution in [0.4, 0.5) is 14.5 Å². The van der Waals surface area contributed by atoms with Crippen LogP contribution in [-0.2, 0) is 16.1 Å². The zero-order chi connectivity index (χ0) is 35.7. The van der Waals surface area contributed by atoms with Crippen molar-refractivity contribution in [3.63, 3.8) is 0 Å². The number of pyridine rings is 1. The first kappa shape index (κ1) is 33.6. The number of carbonyl (C=O) groups is 2. The fraction of sp³-hybridized carbons (Fsp3) is 0.229. The molecule has 0 unspecified atom stereocenters. The molecule has 0 aliphatic carbocycles. The van der Waals surface area contributed by atoms with Crippen molar-refractivity contribution < 1.29 is 42.1 Å². The monoisotopic (exact) mass is 688 g/mol. The lowest BCUT2D eigenvalue weighted by Crippen LogP contribution is -2.43. The zero-order valence-electron chi connectivity index (χ0n) is 27.2. The van der Waals surface area contributed by atoms with Crippen molar-refractivity contribution in [1.29, 1.82) is 0 Å². The molecule has 258 valence electrons. The molecule has 0 atom stereocenters. The van der Waals surface area contributed by atoms with Crippen LogP contribution in [0.3, 0.4) is 0 Å². The van der Waals surface area contributed by atoms with Gasteiger partial charge >= 0.3 is 11.7 Å². The van der Waals surface area contributed by atoms with E-state index in [1.807, 2.05) is 0 Å². The lowest BCUT2D eigenvalue weighted by Gasteiger charge is -2.23. The van der Waals surface area contributed by atoms with Gasteiger partial charge in [0.25, 0.3) is 11.5 Å². The van der Waals surface area contributed by atoms with Crippen molar-refractivity contribution in [2.24, 2.45) is 0 Å². The minimum absolute atomic E-state index is 0.0538. The maximum atomic E-state index is 15.5. The number of methoxy groups -OCH3 is 1. The van der Waals surface area contributed by atoms with Gasteiger partial charge in [-0.3, -0.25) is 23.9 Å². The number of amides is 1. The van der Waals surface area contributed by atoms with E-state index >= 15 is 4.39 Å². The minimum Gasteiger partial charge on any atom is -0.493 e. The first-order valence-corrected chi connectivity index (χ1v) is 15.2. The maximum Gasteiger partial charge on any atom is 0.336 e. The Morgan fingerprint density at radius 2 is 1.66 bits per heavy atom. The minimum atomic E-state index is -1.06. The lowest BCUT2D eigenvalue weighted by atomic mass is 10.1. The number of hydrogen-bond acceptors (Lipinski definition) is 10. The molecule has 5 aromatic rings. The molecule has 0 fully saturated rings. The Morgan fingerprint density at radius 1 is 0.940 bits per heavy atom. The van der Waals surface area contributed by atoms with Crippen LogP contribution >= 0.6 is 0 Å². The molecular formula is C35H30F2N4O9. The van der Waals surface area contributed by atoms with Gasteiger partial charge in [-0.25, -0.2) is 18.1 Å². The van der Waals surface area contributed by atoms with Gasteiger partial charge in [-0.2, -0.15) is 0 Å². The number of esters is 1. The number of nitrogens with zero attached hydrogens (tertiary/aromatic N) is 3. The summed E-state index contributed by atoms with van der Waals surface area (Å²) in [7, 11) is 1.48. The fourth-order valence-electron chi connectivity index (χ4n) is 5.19. The van der Waals surface area contributed by atoms with Crippen LogP contribution in [0.1, 0.15) is 31.1 Å². The van der Waals surface area contributed by atoms with Crippen LogP contribution < -0.4 is 35.5 Å². The fourth-order valence-corrected chi connectivity index (χ4v) is 5.19. The Hall–Kier alpha value is -6.25. The summed E-state index contributed by atoms with van der Waals surface area (Å²) in [6.07, 6.45) is 2.38. The van der Waals surface area contributed by atoms with Crippen molar-refractivity contribution in [2.75, 3.05) is 25.6 Å². The summed E-state index contributed by atoms with van der Waals surface area (Å²) in [5, 5.41) is 2.87. The molecule has 0 bridgehead atoms. The number of aromatic nitrogens is 3. The SMILES string of the molecule is COc1cc2nccc(Oc3ccc(NC(=O)c4cn(CC(=O)OC(C)(C)C)c(=O)n(-c5ccc(F)cc5)c4=O)cc3F)c2c2c1OCCO2. The second-order valence-corrected chi connectivity index (χ2v) is 12.0. The molecule has 1 aliphatic heterocycles. The third-order valence-electron chi connectivity index (χ3n) is 7.28. The van der Waals surface area contributed by atoms with Gasteiger partial charge in [-0.15, -0.1) is 0 Å². The second-order valence-electron chi connectivity index (χ2n) is 12.0. The van der Waals surface area contributed by atoms with E-state index in [1.54, 1.807) is 26.8 Å². The van der Waals surface area contributed by atoms with Gasteiger partial charge in [0.1, 0.15) is 42.5 Å². The van der Waals surface area contributed by atoms with Gasteiger partial charge < -0.3 is 29.0 Å². The van der Waals surface area contributed by atoms with Gasteiger partial charge in [0.2, 0.25) is 5.75 Å². The van der Waals surface area contributed by atoms with Crippen LogP contribution in [0.25, 0.3) is 16.6 Å². The van der Waals surface area contributed by atoms with E-state index in [4.69, 9.17) is 23.7 Å². The van der Waals surface area contributed by atoms with Crippen molar-refractivity contribution in [2.45, 2.75) is 32.9 Å². The van der Waals surface area contributed by atoms with E-state index in [-0.39, 0.29) is 29.5 Å². The lowest BCUT2D eigenvalue weighted by molar-refractivity contribution is -0.155. The molecule has 0 spiro atoms. The molecular weight excluding hydrogens is 658 g/mol. The third kappa shape index (κ3) is 6.83. The summed E-state index contributed by atoms with van der Waals surface area (Å²) in [5.41, 5.74) is -3.15. The van der Waals surface area contributed by atoms with Crippen molar-refractivity contribution >= 4 is 28.5 Å². The van der Waals surface area contributed by atoms with Crippen LogP contribution in [0.5, 0.6) is 28.7 Å². The van der Waals surface area contributed by atoms with Gasteiger partial charge in [-0.05, 0) is 63.2 Å². The first-order chi connectivity index (χ1) is 23.8. The van der Waals surface area contributed by atoms with E-state index in [9.17, 15) is 23.6 Å². The van der Waals surface area contributed by atoms with Crippen LogP contribution in [0.15, 0.2) is 76.6 Å². The standard InChI is InChI=1S/C35H30F2N4O9/c1-35(2,3)50-28(42)18-40-17-22(33(44)41(34(40)45)21-8-5-19(36)6-9-21)32(43)39-20-7-10-25(23(37)15-20)49-26-11-12-38-24-16-27(46-4)30-31(29(24)26)48-14-13-47-30/h5-12,15-17H,13-14,18H2,1-4H3,(H,39,43). The molecule has 15 heteroatoms. The maximum absolute atomic E-state index is 15.5. The van der Waals surface area contributed by atoms with Crippen molar-refractivity contribution in [3.05, 3.63) is 105 Å². The van der Waals surface area contributed by atoms with Gasteiger partial charge in [-0.1, -0.05) is 0 Å². The Kier molecular flexibility index (Phi) is 8.97. The number of nitrogens with one attached hydrogen (secondary N) is 1. The molecule has 0 saturated carbocycles. The molecule has 3 aromatic carbocycles. The van der Waals surface area contributed by atoms with Gasteiger partial charge in [0.15, 0.2) is 23.1 Å². The van der Waals surface area contributed by atoms with E-state index in [0.29, 0.717) is 39.3 Å². The molecule has 3 heterocycles. The summed E-state index contributed by atoms with van der Waals surface area (Å²) in [4.78, 5) is 57.3. The molecule has 1 amide bonds. The second kappa shape index (κ2) is 13.3. The van der Waals surface area contributed by atoms with Crippen LogP contribution in [0, 0.1) is 11.6 Å². The summed E-state index contributed by atoms with van der Waals surface area (Å²) in [6.45, 7) is 4.82. The number of ether oxygens (including phenoxy) is 5. The van der Waals surface area contributed by atoms with E-state index in [2.05, 4.69) is 10.3 Å². The average molecular weight is 689 g/mol. The predicted molar refractivity (Wildman–Crippen MR) is 176 cm³/mol. The smallest absolute Gasteiger partial charge is 0.336 e. The molecule has 1 N–H and O–H groups in total. The van der Waals surface area contributed by atoms with Gasteiger partial charge in [0.05, 0.1) is 23.7 Å². The highest BCUT2D eigenvalue weighted by Gasteiger charge is 2.26. The largest absolute Gasteiger partial charge is 0.493 e. The molecule has 6 rings (SSSR count). The Labute approximate surface area is 282 Å². The summed E-state index contributed by atoms with van der Waals surface area (Å²) in [5.74, 6) is -2.22. The Bertz CT molecular complexity index is 2260. The molecule has 13 nitrogen and oxygen atoms in total. The summed E-state index contributed by atoms with van der Waals surface area (Å²) >= 11 is 0. The highest BCUT2D eigenvalue weighted by Crippen LogP contribution is 2.48. The Balaban J connectivity index is 1.31. The van der Waals surface area contributed by atoms with E-state index in [1.165, 1.54) is 43.6 Å². The number of halogens is 2. The summed E-state index contributed by atoms with van der Waals surface area (Å²) < 4.78 is 58.8. The molecule has 0 radical (unpaired) electrons. The topological polar surface area (TPSA) is 149 Å². The van der Waals surface area contributed by atoms with Gasteiger partial charge in [0, 0.05) is 30.2 Å². The first-order valence-electron chi connectivity index (χ1n) is 15.2. The number of benzene rings is 3. The number of rotatable bonds is 8. The summed E-state index contributed by atoms with van der Waals surface area (Å²) in [6, 6.07) is 11.2. The predicted octanol–water partition coefficient (Wildman–Crippen LogP) is 4.99. The number of hydrogen-bond donors (Lipinski definition) is 1. The Morgan fingerprint density at radius 3 is 2.34 bits per heavy atom. The number of fused-ring (bicyclic) bond motifs is 3. The molecule has 2 aromatic heterocycles. The highest BCUT2D eigenvalue weighted by molar-refractivity contribution is 6.04. The highest BCUT2D eigenvalue weighted by atomic mass is 19.1. The molecule has 1 aliphatic rings. The van der Waals surface area contributed by atoms with Crippen molar-refractivity contribution in [3.8, 4) is 34.4 Å². The normalized spacial score (nSPS) is 12.4. The quantitative estimate of drug-likeness (QED) is 0.221. The van der Waals surface area contributed by atoms with Crippen LogP contribution in [-0.4, -0.2) is 51.9 Å². The number of carbonyl (C=O) groups excluding carboxylic acids is 2. The molecule has 50 heavy (non-hydrogen) atoms. The van der Waals surface area contributed by atoms with E-state index < -0.39 is 52.5 Å². The number of anilines is 1. The van der Waals surface area contributed by atoms with Crippen LogP contribution in [0.2, 0.25) is 0 Å². The van der Waals surface area contributed by atoms with E-state index in [0.717, 1.165) is 29.0 Å².